The minimum absolute atomic E-state index is 0.203. The lowest BCUT2D eigenvalue weighted by Crippen LogP contribution is -3.14. The van der Waals surface area contributed by atoms with Crippen LogP contribution in [0.25, 0.3) is 0 Å². The Balaban J connectivity index is 1.66. The molecule has 0 bridgehead atoms. The molecule has 6 heteroatoms. The van der Waals surface area contributed by atoms with Crippen LogP contribution in [-0.4, -0.2) is 50.8 Å². The first-order chi connectivity index (χ1) is 12.8. The average Bonchev–Trinajstić information content (AvgIpc) is 3.20. The van der Waals surface area contributed by atoms with Crippen molar-refractivity contribution in [1.82, 2.24) is 0 Å². The summed E-state index contributed by atoms with van der Waals surface area (Å²) < 4.78 is 11.0. The van der Waals surface area contributed by atoms with Crippen LogP contribution in [-0.2, 0) is 4.74 Å². The van der Waals surface area contributed by atoms with Crippen molar-refractivity contribution in [2.45, 2.75) is 19.4 Å². The van der Waals surface area contributed by atoms with Gasteiger partial charge in [0.2, 0.25) is 0 Å². The summed E-state index contributed by atoms with van der Waals surface area (Å²) in [6.07, 6.45) is 2.71. The van der Waals surface area contributed by atoms with Gasteiger partial charge in [-0.15, -0.1) is 11.3 Å². The lowest BCUT2D eigenvalue weighted by molar-refractivity contribution is -0.937. The number of aromatic hydroxyl groups is 1. The van der Waals surface area contributed by atoms with Gasteiger partial charge in [-0.3, -0.25) is 4.99 Å². The number of phenols is 1. The first kappa shape index (κ1) is 18.9. The van der Waals surface area contributed by atoms with Crippen molar-refractivity contribution in [2.75, 3.05) is 39.5 Å². The van der Waals surface area contributed by atoms with E-state index in [9.17, 15) is 5.11 Å². The molecule has 1 fully saturated rings. The molecule has 0 saturated carbocycles. The summed E-state index contributed by atoms with van der Waals surface area (Å²) in [7, 11) is 0. The van der Waals surface area contributed by atoms with Gasteiger partial charge >= 0.3 is 0 Å². The van der Waals surface area contributed by atoms with Crippen LogP contribution in [0.5, 0.6) is 11.5 Å². The average molecular weight is 376 g/mol. The summed E-state index contributed by atoms with van der Waals surface area (Å²) in [4.78, 5) is 7.52. The minimum Gasteiger partial charge on any atom is -0.507 e. The van der Waals surface area contributed by atoms with E-state index in [0.29, 0.717) is 24.9 Å². The number of phenolic OH excluding ortho intramolecular Hbond substituents is 1. The van der Waals surface area contributed by atoms with Crippen molar-refractivity contribution >= 4 is 17.6 Å². The fourth-order valence-electron chi connectivity index (χ4n) is 3.09. The standard InChI is InChI=1S/C20H26N2O3S/c1-2-9-25-17-6-5-16(19(23)13-17)14-21-15-18(20-4-3-12-26-20)22-7-10-24-11-8-22/h3-6,12-14,18,23H,2,7-11,15H2,1H3/p+1/t18-/m0/s1. The number of morpholine rings is 1. The van der Waals surface area contributed by atoms with Crippen molar-refractivity contribution in [2.24, 2.45) is 4.99 Å². The van der Waals surface area contributed by atoms with Crippen LogP contribution in [0.4, 0.5) is 0 Å². The fourth-order valence-corrected chi connectivity index (χ4v) is 3.97. The third kappa shape index (κ3) is 5.06. The number of hydrogen-bond acceptors (Lipinski definition) is 5. The van der Waals surface area contributed by atoms with Gasteiger partial charge in [0.25, 0.3) is 0 Å². The molecule has 1 aliphatic heterocycles. The Labute approximate surface area is 158 Å². The number of hydrogen-bond donors (Lipinski definition) is 2. The van der Waals surface area contributed by atoms with Gasteiger partial charge in [0, 0.05) is 17.8 Å². The van der Waals surface area contributed by atoms with E-state index in [4.69, 9.17) is 9.47 Å². The predicted molar refractivity (Wildman–Crippen MR) is 105 cm³/mol. The molecule has 2 aromatic rings. The SMILES string of the molecule is CCCOc1ccc(C=NC[C@@H](c2cccs2)[NH+]2CCOCC2)c(O)c1. The second-order valence-electron chi connectivity index (χ2n) is 6.40. The number of ether oxygens (including phenoxy) is 2. The predicted octanol–water partition coefficient (Wildman–Crippen LogP) is 2.32. The maximum atomic E-state index is 10.2. The van der Waals surface area contributed by atoms with Gasteiger partial charge in [0.1, 0.15) is 30.6 Å². The Kier molecular flexibility index (Phi) is 7.05. The lowest BCUT2D eigenvalue weighted by atomic mass is 10.2. The Morgan fingerprint density at radius 2 is 2.19 bits per heavy atom. The maximum absolute atomic E-state index is 10.2. The van der Waals surface area contributed by atoms with E-state index in [1.165, 1.54) is 9.78 Å². The quantitative estimate of drug-likeness (QED) is 0.696. The van der Waals surface area contributed by atoms with Crippen LogP contribution in [0.2, 0.25) is 0 Å². The molecule has 1 aromatic heterocycles. The second-order valence-corrected chi connectivity index (χ2v) is 7.38. The normalized spacial score (nSPS) is 16.8. The molecule has 0 unspecified atom stereocenters. The van der Waals surface area contributed by atoms with Crippen molar-refractivity contribution in [3.63, 3.8) is 0 Å². The van der Waals surface area contributed by atoms with Gasteiger partial charge in [-0.1, -0.05) is 13.0 Å². The highest BCUT2D eigenvalue weighted by Gasteiger charge is 2.26. The van der Waals surface area contributed by atoms with E-state index < -0.39 is 0 Å². The highest BCUT2D eigenvalue weighted by atomic mass is 32.1. The molecule has 0 spiro atoms. The molecule has 0 amide bonds. The molecule has 3 rings (SSSR count). The van der Waals surface area contributed by atoms with E-state index in [1.807, 2.05) is 12.1 Å². The summed E-state index contributed by atoms with van der Waals surface area (Å²) in [5.74, 6) is 0.893. The molecular weight excluding hydrogens is 348 g/mol. The number of nitrogens with one attached hydrogen (secondary N) is 1. The van der Waals surface area contributed by atoms with Crippen LogP contribution in [0, 0.1) is 0 Å². The zero-order chi connectivity index (χ0) is 18.2. The van der Waals surface area contributed by atoms with Crippen LogP contribution in [0.3, 0.4) is 0 Å². The van der Waals surface area contributed by atoms with Gasteiger partial charge in [-0.25, -0.2) is 0 Å². The second kappa shape index (κ2) is 9.71. The zero-order valence-corrected chi connectivity index (χ0v) is 16.0. The van der Waals surface area contributed by atoms with Crippen LogP contribution in [0.1, 0.15) is 29.8 Å². The van der Waals surface area contributed by atoms with Gasteiger partial charge < -0.3 is 19.5 Å². The van der Waals surface area contributed by atoms with Crippen molar-refractivity contribution in [3.8, 4) is 11.5 Å². The molecule has 0 aliphatic carbocycles. The lowest BCUT2D eigenvalue weighted by Gasteiger charge is -2.30. The Morgan fingerprint density at radius 1 is 1.35 bits per heavy atom. The van der Waals surface area contributed by atoms with Crippen molar-refractivity contribution in [3.05, 3.63) is 46.2 Å². The van der Waals surface area contributed by atoms with E-state index in [0.717, 1.165) is 38.3 Å². The van der Waals surface area contributed by atoms with E-state index in [1.54, 1.807) is 23.6 Å². The zero-order valence-electron chi connectivity index (χ0n) is 15.2. The first-order valence-electron chi connectivity index (χ1n) is 9.19. The molecule has 0 radical (unpaired) electrons. The molecule has 1 saturated heterocycles. The third-order valence-corrected chi connectivity index (χ3v) is 5.49. The fraction of sp³-hybridized carbons (Fsp3) is 0.450. The summed E-state index contributed by atoms with van der Waals surface area (Å²) in [5, 5.41) is 12.3. The molecule has 2 heterocycles. The summed E-state index contributed by atoms with van der Waals surface area (Å²) >= 11 is 1.78. The molecular formula is C20H27N2O3S+. The van der Waals surface area contributed by atoms with E-state index in [2.05, 4.69) is 29.4 Å². The van der Waals surface area contributed by atoms with E-state index >= 15 is 0 Å². The van der Waals surface area contributed by atoms with Crippen LogP contribution in [0.15, 0.2) is 40.7 Å². The Hall–Kier alpha value is -1.89. The van der Waals surface area contributed by atoms with Gasteiger partial charge in [0.05, 0.1) is 31.2 Å². The summed E-state index contributed by atoms with van der Waals surface area (Å²) in [6.45, 7) is 7.03. The largest absolute Gasteiger partial charge is 0.507 e. The topological polar surface area (TPSA) is 55.5 Å². The molecule has 26 heavy (non-hydrogen) atoms. The molecule has 1 aliphatic rings. The number of quaternary nitrogens is 1. The number of thiophene rings is 1. The summed E-state index contributed by atoms with van der Waals surface area (Å²) in [5.41, 5.74) is 0.718. The minimum atomic E-state index is 0.203. The molecule has 1 aromatic carbocycles. The number of rotatable bonds is 8. The van der Waals surface area contributed by atoms with Crippen molar-refractivity contribution < 1.29 is 19.5 Å². The van der Waals surface area contributed by atoms with E-state index in [-0.39, 0.29) is 5.75 Å². The molecule has 5 nitrogen and oxygen atoms in total. The van der Waals surface area contributed by atoms with Gasteiger partial charge in [-0.2, -0.15) is 0 Å². The maximum Gasteiger partial charge on any atom is 0.142 e. The molecule has 1 atom stereocenters. The number of aliphatic imine (C=N–C) groups is 1. The van der Waals surface area contributed by atoms with Gasteiger partial charge in [-0.05, 0) is 30.0 Å². The number of nitrogens with zero attached hydrogens (tertiary/aromatic N) is 1. The Bertz CT molecular complexity index is 697. The highest BCUT2D eigenvalue weighted by molar-refractivity contribution is 7.10. The van der Waals surface area contributed by atoms with Crippen LogP contribution < -0.4 is 9.64 Å². The van der Waals surface area contributed by atoms with Crippen molar-refractivity contribution in [1.29, 1.82) is 0 Å². The number of benzene rings is 1. The van der Waals surface area contributed by atoms with Gasteiger partial charge in [0.15, 0.2) is 0 Å². The van der Waals surface area contributed by atoms with Crippen LogP contribution >= 0.6 is 11.3 Å². The highest BCUT2D eigenvalue weighted by Crippen LogP contribution is 2.23. The molecule has 140 valence electrons. The smallest absolute Gasteiger partial charge is 0.142 e. The Morgan fingerprint density at radius 3 is 2.88 bits per heavy atom. The monoisotopic (exact) mass is 375 g/mol. The first-order valence-corrected chi connectivity index (χ1v) is 10.1. The third-order valence-electron chi connectivity index (χ3n) is 4.51. The molecule has 2 N–H and O–H groups in total. The summed E-state index contributed by atoms with van der Waals surface area (Å²) in [6, 6.07) is 10.00.